The topological polar surface area (TPSA) is 88.1 Å². The van der Waals surface area contributed by atoms with Gasteiger partial charge in [0.2, 0.25) is 0 Å². The molecule has 0 atom stereocenters. The number of aldehydes is 1. The molecule has 0 fully saturated rings. The van der Waals surface area contributed by atoms with E-state index in [1.165, 1.54) is 32.4 Å². The molecule has 0 heterocycles. The molecule has 0 aliphatic carbocycles. The van der Waals surface area contributed by atoms with Crippen molar-refractivity contribution < 1.29 is 36.0 Å². The second-order valence-corrected chi connectivity index (χ2v) is 10.0. The van der Waals surface area contributed by atoms with Crippen molar-refractivity contribution in [1.29, 1.82) is 0 Å². The number of carbonyl (C=O) groups excluding carboxylic acids is 1. The highest BCUT2D eigenvalue weighted by atomic mass is 32.2. The highest BCUT2D eigenvalue weighted by Crippen LogP contribution is 2.46. The average molecular weight is 529 g/mol. The van der Waals surface area contributed by atoms with Crippen molar-refractivity contribution in [1.82, 2.24) is 0 Å². The Bertz CT molecular complexity index is 1410. The lowest BCUT2D eigenvalue weighted by atomic mass is 9.92. The molecular weight excluding hydrogens is 499 g/mol. The van der Waals surface area contributed by atoms with Crippen LogP contribution in [0.5, 0.6) is 23.0 Å². The second-order valence-electron chi connectivity index (χ2n) is 8.44. The molecule has 37 heavy (non-hydrogen) atoms. The fourth-order valence-electron chi connectivity index (χ4n) is 3.82. The van der Waals surface area contributed by atoms with Crippen LogP contribution in [-0.4, -0.2) is 41.8 Å². The monoisotopic (exact) mass is 528 g/mol. The van der Waals surface area contributed by atoms with E-state index in [1.54, 1.807) is 30.3 Å². The SMILES string of the molecule is COc1cc(-c2ccc(OCCC=C(C)C)c(OS(C)(=O)=O)c2)c(OC)c(C=O)c1-c1ccc(F)cc1. The lowest BCUT2D eigenvalue weighted by Gasteiger charge is -2.19. The zero-order valence-electron chi connectivity index (χ0n) is 21.3. The van der Waals surface area contributed by atoms with E-state index in [0.717, 1.165) is 11.8 Å². The van der Waals surface area contributed by atoms with Crippen molar-refractivity contribution in [2.24, 2.45) is 0 Å². The highest BCUT2D eigenvalue weighted by molar-refractivity contribution is 7.86. The van der Waals surface area contributed by atoms with E-state index in [1.807, 2.05) is 19.9 Å². The maximum Gasteiger partial charge on any atom is 0.306 e. The van der Waals surface area contributed by atoms with Gasteiger partial charge in [0.25, 0.3) is 0 Å². The summed E-state index contributed by atoms with van der Waals surface area (Å²) in [6.45, 7) is 4.27. The molecule has 0 bridgehead atoms. The van der Waals surface area contributed by atoms with Gasteiger partial charge in [0.05, 0.1) is 32.6 Å². The smallest absolute Gasteiger partial charge is 0.306 e. The largest absolute Gasteiger partial charge is 0.496 e. The first-order chi connectivity index (χ1) is 17.6. The minimum absolute atomic E-state index is 0.00603. The summed E-state index contributed by atoms with van der Waals surface area (Å²) < 4.78 is 59.7. The second kappa shape index (κ2) is 11.9. The summed E-state index contributed by atoms with van der Waals surface area (Å²) in [7, 11) is -0.994. The summed E-state index contributed by atoms with van der Waals surface area (Å²) in [6, 6.07) is 12.1. The molecule has 0 radical (unpaired) electrons. The molecule has 3 rings (SSSR count). The first-order valence-electron chi connectivity index (χ1n) is 11.4. The highest BCUT2D eigenvalue weighted by Gasteiger charge is 2.23. The predicted molar refractivity (Wildman–Crippen MR) is 141 cm³/mol. The third-order valence-electron chi connectivity index (χ3n) is 5.38. The Morgan fingerprint density at radius 3 is 2.16 bits per heavy atom. The standard InChI is InChI=1S/C28H29FO7S/c1-18(2)7-6-14-35-24-13-10-20(15-25(24)36-37(5,31)32)22-16-26(33-3)27(23(17-30)28(22)34-4)19-8-11-21(29)12-9-19/h7-13,15-17H,6,14H2,1-5H3. The Labute approximate surface area is 216 Å². The number of hydrogen-bond acceptors (Lipinski definition) is 7. The van der Waals surface area contributed by atoms with Crippen molar-refractivity contribution in [2.75, 3.05) is 27.1 Å². The van der Waals surface area contributed by atoms with Crippen molar-refractivity contribution in [3.8, 4) is 45.3 Å². The number of halogens is 1. The summed E-state index contributed by atoms with van der Waals surface area (Å²) in [4.78, 5) is 12.3. The van der Waals surface area contributed by atoms with Crippen LogP contribution in [-0.2, 0) is 10.1 Å². The van der Waals surface area contributed by atoms with Gasteiger partial charge in [-0.25, -0.2) is 4.39 Å². The number of hydrogen-bond donors (Lipinski definition) is 0. The Kier molecular flexibility index (Phi) is 8.94. The van der Waals surface area contributed by atoms with Crippen LogP contribution in [0.15, 0.2) is 60.2 Å². The van der Waals surface area contributed by atoms with Gasteiger partial charge in [-0.2, -0.15) is 8.42 Å². The van der Waals surface area contributed by atoms with Gasteiger partial charge in [0, 0.05) is 11.1 Å². The van der Waals surface area contributed by atoms with E-state index in [0.29, 0.717) is 47.3 Å². The fourth-order valence-corrected chi connectivity index (χ4v) is 4.28. The van der Waals surface area contributed by atoms with Gasteiger partial charge in [0.15, 0.2) is 17.8 Å². The Balaban J connectivity index is 2.17. The number of benzene rings is 3. The van der Waals surface area contributed by atoms with Gasteiger partial charge in [-0.1, -0.05) is 29.8 Å². The van der Waals surface area contributed by atoms with Crippen LogP contribution < -0.4 is 18.4 Å². The molecule has 0 aromatic heterocycles. The van der Waals surface area contributed by atoms with Crippen molar-refractivity contribution >= 4 is 16.4 Å². The number of rotatable bonds is 11. The molecule has 7 nitrogen and oxygen atoms in total. The molecule has 0 amide bonds. The van der Waals surface area contributed by atoms with E-state index < -0.39 is 15.9 Å². The molecule has 0 aliphatic rings. The average Bonchev–Trinajstić information content (AvgIpc) is 2.85. The minimum Gasteiger partial charge on any atom is -0.496 e. The van der Waals surface area contributed by atoms with Gasteiger partial charge in [0.1, 0.15) is 17.3 Å². The lowest BCUT2D eigenvalue weighted by molar-refractivity contribution is 0.112. The molecule has 9 heteroatoms. The molecule has 0 N–H and O–H groups in total. The summed E-state index contributed by atoms with van der Waals surface area (Å²) in [5.74, 6) is 0.407. The zero-order valence-corrected chi connectivity index (χ0v) is 22.1. The van der Waals surface area contributed by atoms with Gasteiger partial charge in [-0.05, 0) is 61.7 Å². The molecule has 0 saturated heterocycles. The van der Waals surface area contributed by atoms with Crippen LogP contribution in [0.4, 0.5) is 4.39 Å². The number of carbonyl (C=O) groups is 1. The van der Waals surface area contributed by atoms with Crippen molar-refractivity contribution in [3.63, 3.8) is 0 Å². The predicted octanol–water partition coefficient (Wildman–Crippen LogP) is 6.06. The van der Waals surface area contributed by atoms with E-state index in [2.05, 4.69) is 0 Å². The molecule has 196 valence electrons. The van der Waals surface area contributed by atoms with E-state index in [9.17, 15) is 17.6 Å². The van der Waals surface area contributed by atoms with Gasteiger partial charge in [-0.3, -0.25) is 4.79 Å². The molecule has 0 spiro atoms. The zero-order chi connectivity index (χ0) is 27.2. The molecule has 0 aliphatic heterocycles. The van der Waals surface area contributed by atoms with Crippen LogP contribution >= 0.6 is 0 Å². The van der Waals surface area contributed by atoms with E-state index in [-0.39, 0.29) is 22.8 Å². The van der Waals surface area contributed by atoms with Gasteiger partial charge in [-0.15, -0.1) is 0 Å². The summed E-state index contributed by atoms with van der Waals surface area (Å²) in [6.07, 6.45) is 4.23. The molecule has 0 saturated carbocycles. The molecule has 3 aromatic rings. The Morgan fingerprint density at radius 1 is 0.919 bits per heavy atom. The van der Waals surface area contributed by atoms with Crippen molar-refractivity contribution in [3.05, 3.63) is 71.6 Å². The van der Waals surface area contributed by atoms with Crippen LogP contribution in [0.2, 0.25) is 0 Å². The third kappa shape index (κ3) is 6.89. The first kappa shape index (κ1) is 27.7. The third-order valence-corrected chi connectivity index (χ3v) is 5.86. The normalized spacial score (nSPS) is 11.0. The molecule has 0 unspecified atom stereocenters. The number of allylic oxidation sites excluding steroid dienone is 1. The molecular formula is C28H29FO7S. The number of methoxy groups -OCH3 is 2. The number of ether oxygens (including phenoxy) is 3. The quantitative estimate of drug-likeness (QED) is 0.129. The fraction of sp³-hybridized carbons (Fsp3) is 0.250. The van der Waals surface area contributed by atoms with Crippen molar-refractivity contribution in [2.45, 2.75) is 20.3 Å². The molecule has 3 aromatic carbocycles. The lowest BCUT2D eigenvalue weighted by Crippen LogP contribution is -2.08. The van der Waals surface area contributed by atoms with Crippen LogP contribution in [0.3, 0.4) is 0 Å². The summed E-state index contributed by atoms with van der Waals surface area (Å²) in [5.41, 5.74) is 3.29. The van der Waals surface area contributed by atoms with E-state index >= 15 is 0 Å². The van der Waals surface area contributed by atoms with Gasteiger partial charge < -0.3 is 18.4 Å². The van der Waals surface area contributed by atoms with Crippen LogP contribution in [0.1, 0.15) is 30.6 Å². The minimum atomic E-state index is -3.86. The summed E-state index contributed by atoms with van der Waals surface area (Å²) >= 11 is 0. The Morgan fingerprint density at radius 2 is 1.59 bits per heavy atom. The van der Waals surface area contributed by atoms with Gasteiger partial charge >= 0.3 is 10.1 Å². The van der Waals surface area contributed by atoms with Crippen LogP contribution in [0.25, 0.3) is 22.3 Å². The summed E-state index contributed by atoms with van der Waals surface area (Å²) in [5, 5.41) is 0. The first-order valence-corrected chi connectivity index (χ1v) is 13.2. The van der Waals surface area contributed by atoms with E-state index in [4.69, 9.17) is 18.4 Å². The van der Waals surface area contributed by atoms with Crippen LogP contribution in [0, 0.1) is 5.82 Å². The maximum atomic E-state index is 13.5. The maximum absolute atomic E-state index is 13.5. The Hall–Kier alpha value is -3.85.